The van der Waals surface area contributed by atoms with Crippen LogP contribution in [0.3, 0.4) is 0 Å². The molecule has 0 spiro atoms. The second-order valence-electron chi connectivity index (χ2n) is 5.57. The van der Waals surface area contributed by atoms with Gasteiger partial charge in [0.2, 0.25) is 0 Å². The Morgan fingerprint density at radius 3 is 2.76 bits per heavy atom. The van der Waals surface area contributed by atoms with Gasteiger partial charge in [0.05, 0.1) is 4.92 Å². The number of thioether (sulfide) groups is 1. The summed E-state index contributed by atoms with van der Waals surface area (Å²) in [6, 6.07) is 5.40. The van der Waals surface area contributed by atoms with Crippen LogP contribution >= 0.6 is 11.8 Å². The van der Waals surface area contributed by atoms with Crippen molar-refractivity contribution in [3.63, 3.8) is 0 Å². The summed E-state index contributed by atoms with van der Waals surface area (Å²) in [6.07, 6.45) is 7.55. The van der Waals surface area contributed by atoms with Gasteiger partial charge in [-0.25, -0.2) is 0 Å². The molecule has 1 N–H and O–H groups in total. The van der Waals surface area contributed by atoms with Crippen LogP contribution in [-0.2, 0) is 5.75 Å². The minimum atomic E-state index is -0.285. The first-order chi connectivity index (χ1) is 10.2. The van der Waals surface area contributed by atoms with Crippen molar-refractivity contribution in [2.45, 2.75) is 56.5 Å². The van der Waals surface area contributed by atoms with Crippen LogP contribution in [-0.4, -0.2) is 16.7 Å². The van der Waals surface area contributed by atoms with Crippen molar-refractivity contribution in [1.29, 1.82) is 0 Å². The Morgan fingerprint density at radius 2 is 2.10 bits per heavy atom. The van der Waals surface area contributed by atoms with Gasteiger partial charge < -0.3 is 5.32 Å². The molecule has 4 nitrogen and oxygen atoms in total. The normalized spacial score (nSPS) is 15.9. The molecule has 1 saturated carbocycles. The van der Waals surface area contributed by atoms with E-state index in [-0.39, 0.29) is 10.6 Å². The molecule has 5 heteroatoms. The molecule has 1 aromatic carbocycles. The Morgan fingerprint density at radius 1 is 1.33 bits per heavy atom. The molecule has 1 aliphatic carbocycles. The van der Waals surface area contributed by atoms with E-state index in [1.54, 1.807) is 12.1 Å². The first-order valence-electron chi connectivity index (χ1n) is 7.84. The Labute approximate surface area is 130 Å². The number of nitro groups is 1. The molecular formula is C16H24N2O2S. The molecule has 2 rings (SSSR count). The number of hydrogen-bond acceptors (Lipinski definition) is 4. The SMILES string of the molecule is CCCNc1c(CSC2CCCCC2)cccc1[N+](=O)[O-]. The van der Waals surface area contributed by atoms with Crippen LogP contribution in [0.5, 0.6) is 0 Å². The summed E-state index contributed by atoms with van der Waals surface area (Å²) in [6.45, 7) is 2.84. The molecule has 0 amide bonds. The molecule has 0 atom stereocenters. The number of nitrogens with zero attached hydrogens (tertiary/aromatic N) is 1. The molecule has 1 fully saturated rings. The fraction of sp³-hybridized carbons (Fsp3) is 0.625. The van der Waals surface area contributed by atoms with E-state index < -0.39 is 0 Å². The standard InChI is InChI=1S/C16H24N2O2S/c1-2-11-17-16-13(7-6-10-15(16)18(19)20)12-21-14-8-4-3-5-9-14/h6-7,10,14,17H,2-5,8-9,11-12H2,1H3. The lowest BCUT2D eigenvalue weighted by atomic mass is 10.0. The maximum absolute atomic E-state index is 11.2. The molecule has 1 aromatic rings. The second-order valence-corrected chi connectivity index (χ2v) is 6.85. The van der Waals surface area contributed by atoms with Crippen molar-refractivity contribution in [3.8, 4) is 0 Å². The number of nitrogens with one attached hydrogen (secondary N) is 1. The number of nitro benzene ring substituents is 1. The molecule has 21 heavy (non-hydrogen) atoms. The lowest BCUT2D eigenvalue weighted by Gasteiger charge is -2.21. The van der Waals surface area contributed by atoms with Crippen molar-refractivity contribution >= 4 is 23.1 Å². The van der Waals surface area contributed by atoms with Gasteiger partial charge in [0.1, 0.15) is 5.69 Å². The van der Waals surface area contributed by atoms with Gasteiger partial charge in [-0.1, -0.05) is 38.3 Å². The van der Waals surface area contributed by atoms with Crippen molar-refractivity contribution < 1.29 is 4.92 Å². The monoisotopic (exact) mass is 308 g/mol. The topological polar surface area (TPSA) is 55.2 Å². The van der Waals surface area contributed by atoms with Gasteiger partial charge >= 0.3 is 0 Å². The maximum Gasteiger partial charge on any atom is 0.292 e. The van der Waals surface area contributed by atoms with Crippen molar-refractivity contribution in [3.05, 3.63) is 33.9 Å². The van der Waals surface area contributed by atoms with Gasteiger partial charge in [0.15, 0.2) is 0 Å². The fourth-order valence-corrected chi connectivity index (χ4v) is 4.08. The number of anilines is 1. The Hall–Kier alpha value is -1.23. The van der Waals surface area contributed by atoms with Crippen molar-refractivity contribution in [2.75, 3.05) is 11.9 Å². The summed E-state index contributed by atoms with van der Waals surface area (Å²) in [5.74, 6) is 0.860. The van der Waals surface area contributed by atoms with Gasteiger partial charge in [-0.3, -0.25) is 10.1 Å². The Balaban J connectivity index is 2.08. The van der Waals surface area contributed by atoms with Gasteiger partial charge in [0.25, 0.3) is 5.69 Å². The highest BCUT2D eigenvalue weighted by Crippen LogP contribution is 2.35. The minimum absolute atomic E-state index is 0.199. The van der Waals surface area contributed by atoms with E-state index in [1.165, 1.54) is 32.1 Å². The van der Waals surface area contributed by atoms with Gasteiger partial charge in [-0.15, -0.1) is 0 Å². The summed E-state index contributed by atoms with van der Waals surface area (Å²) < 4.78 is 0. The number of rotatable bonds is 7. The highest BCUT2D eigenvalue weighted by Gasteiger charge is 2.19. The highest BCUT2D eigenvalue weighted by molar-refractivity contribution is 7.99. The van der Waals surface area contributed by atoms with Crippen LogP contribution in [0.4, 0.5) is 11.4 Å². The molecule has 0 saturated heterocycles. The lowest BCUT2D eigenvalue weighted by molar-refractivity contribution is -0.384. The van der Waals surface area contributed by atoms with E-state index in [0.717, 1.165) is 29.5 Å². The second kappa shape index (κ2) is 8.27. The molecule has 0 aliphatic heterocycles. The van der Waals surface area contributed by atoms with Gasteiger partial charge in [-0.2, -0.15) is 11.8 Å². The van der Waals surface area contributed by atoms with Crippen LogP contribution in [0.15, 0.2) is 18.2 Å². The number of benzene rings is 1. The van der Waals surface area contributed by atoms with Gasteiger partial charge in [0, 0.05) is 23.6 Å². The number of hydrogen-bond donors (Lipinski definition) is 1. The van der Waals surface area contributed by atoms with E-state index >= 15 is 0 Å². The quantitative estimate of drug-likeness (QED) is 0.570. The fourth-order valence-electron chi connectivity index (χ4n) is 2.75. The first kappa shape index (κ1) is 16.1. The maximum atomic E-state index is 11.2. The molecule has 116 valence electrons. The third kappa shape index (κ3) is 4.63. The molecule has 0 unspecified atom stereocenters. The zero-order chi connectivity index (χ0) is 15.1. The van der Waals surface area contributed by atoms with Crippen LogP contribution in [0, 0.1) is 10.1 Å². The van der Waals surface area contributed by atoms with Gasteiger partial charge in [-0.05, 0) is 24.8 Å². The first-order valence-corrected chi connectivity index (χ1v) is 8.89. The molecule has 0 aromatic heterocycles. The summed E-state index contributed by atoms with van der Waals surface area (Å²) in [4.78, 5) is 10.9. The summed E-state index contributed by atoms with van der Waals surface area (Å²) in [5.41, 5.74) is 1.98. The molecule has 0 bridgehead atoms. The van der Waals surface area contributed by atoms with Crippen LogP contribution in [0.1, 0.15) is 51.0 Å². The van der Waals surface area contributed by atoms with E-state index in [2.05, 4.69) is 12.2 Å². The van der Waals surface area contributed by atoms with E-state index in [0.29, 0.717) is 5.69 Å². The predicted molar refractivity (Wildman–Crippen MR) is 90.0 cm³/mol. The predicted octanol–water partition coefficient (Wildman–Crippen LogP) is 4.98. The third-order valence-electron chi connectivity index (χ3n) is 3.90. The lowest BCUT2D eigenvalue weighted by Crippen LogP contribution is -2.10. The molecule has 1 aliphatic rings. The molecular weight excluding hydrogens is 284 g/mol. The van der Waals surface area contributed by atoms with E-state index in [9.17, 15) is 10.1 Å². The highest BCUT2D eigenvalue weighted by atomic mass is 32.2. The smallest absolute Gasteiger partial charge is 0.292 e. The zero-order valence-electron chi connectivity index (χ0n) is 12.6. The summed E-state index contributed by atoms with van der Waals surface area (Å²) >= 11 is 1.96. The Kier molecular flexibility index (Phi) is 6.36. The van der Waals surface area contributed by atoms with E-state index in [1.807, 2.05) is 17.8 Å². The summed E-state index contributed by atoms with van der Waals surface area (Å²) in [7, 11) is 0. The Bertz CT molecular complexity index is 473. The van der Waals surface area contributed by atoms with Crippen LogP contribution in [0.25, 0.3) is 0 Å². The largest absolute Gasteiger partial charge is 0.379 e. The molecule has 0 radical (unpaired) electrons. The average molecular weight is 308 g/mol. The van der Waals surface area contributed by atoms with Crippen LogP contribution < -0.4 is 5.32 Å². The van der Waals surface area contributed by atoms with E-state index in [4.69, 9.17) is 0 Å². The van der Waals surface area contributed by atoms with Crippen molar-refractivity contribution in [2.24, 2.45) is 0 Å². The molecule has 0 heterocycles. The van der Waals surface area contributed by atoms with Crippen LogP contribution in [0.2, 0.25) is 0 Å². The average Bonchev–Trinajstić information content (AvgIpc) is 2.52. The third-order valence-corrected chi connectivity index (χ3v) is 5.32. The number of para-hydroxylation sites is 1. The summed E-state index contributed by atoms with van der Waals surface area (Å²) in [5, 5.41) is 15.2. The van der Waals surface area contributed by atoms with Crippen molar-refractivity contribution in [1.82, 2.24) is 0 Å². The zero-order valence-corrected chi connectivity index (χ0v) is 13.5. The minimum Gasteiger partial charge on any atom is -0.379 e.